The smallest absolute Gasteiger partial charge is 0.329 e. The molecule has 0 atom stereocenters. The summed E-state index contributed by atoms with van der Waals surface area (Å²) in [6.07, 6.45) is 1.65. The van der Waals surface area contributed by atoms with E-state index in [4.69, 9.17) is 14.6 Å². The molecule has 0 fully saturated rings. The van der Waals surface area contributed by atoms with Gasteiger partial charge in [0.25, 0.3) is 0 Å². The molecule has 1 aromatic carbocycles. The van der Waals surface area contributed by atoms with Gasteiger partial charge < -0.3 is 14.6 Å². The van der Waals surface area contributed by atoms with Gasteiger partial charge >= 0.3 is 5.97 Å². The zero-order valence-corrected chi connectivity index (χ0v) is 11.9. The van der Waals surface area contributed by atoms with E-state index in [0.29, 0.717) is 19.6 Å². The quantitative estimate of drug-likeness (QED) is 0.749. The summed E-state index contributed by atoms with van der Waals surface area (Å²) in [6, 6.07) is 5.83. The van der Waals surface area contributed by atoms with Crippen LogP contribution in [-0.4, -0.2) is 30.9 Å². The first-order valence-electron chi connectivity index (χ1n) is 5.84. The predicted octanol–water partition coefficient (Wildman–Crippen LogP) is 2.88. The highest BCUT2D eigenvalue weighted by atomic mass is 79.9. The minimum absolute atomic E-state index is 0.251. The van der Waals surface area contributed by atoms with E-state index in [0.717, 1.165) is 22.2 Å². The molecule has 5 heteroatoms. The Hall–Kier alpha value is -1.07. The number of hydrogen-bond donors (Lipinski definition) is 1. The van der Waals surface area contributed by atoms with Crippen molar-refractivity contribution in [3.05, 3.63) is 28.2 Å². The Kier molecular flexibility index (Phi) is 6.75. The van der Waals surface area contributed by atoms with Crippen LogP contribution < -0.4 is 4.74 Å². The fourth-order valence-corrected chi connectivity index (χ4v) is 1.92. The van der Waals surface area contributed by atoms with Crippen molar-refractivity contribution in [2.75, 3.05) is 19.8 Å². The summed E-state index contributed by atoms with van der Waals surface area (Å²) < 4.78 is 11.4. The van der Waals surface area contributed by atoms with E-state index in [1.807, 2.05) is 18.2 Å². The van der Waals surface area contributed by atoms with Crippen molar-refractivity contribution in [1.82, 2.24) is 0 Å². The zero-order valence-electron chi connectivity index (χ0n) is 10.3. The van der Waals surface area contributed by atoms with Crippen LogP contribution in [0.1, 0.15) is 18.9 Å². The van der Waals surface area contributed by atoms with E-state index < -0.39 is 5.97 Å². The molecule has 0 aliphatic rings. The van der Waals surface area contributed by atoms with Gasteiger partial charge in [0, 0.05) is 0 Å². The standard InChI is InChI=1S/C13H17BrO4/c1-2-6-18-12-4-3-10(8-11(12)14)5-7-17-9-13(15)16/h3-4,8H,2,5-7,9H2,1H3,(H,15,16). The number of aliphatic carboxylic acids is 1. The molecule has 0 aliphatic carbocycles. The maximum absolute atomic E-state index is 10.3. The van der Waals surface area contributed by atoms with Gasteiger partial charge in [0.2, 0.25) is 0 Å². The molecule has 0 radical (unpaired) electrons. The van der Waals surface area contributed by atoms with Crippen LogP contribution in [-0.2, 0) is 16.0 Å². The topological polar surface area (TPSA) is 55.8 Å². The molecule has 0 bridgehead atoms. The summed E-state index contributed by atoms with van der Waals surface area (Å²) in [7, 11) is 0. The molecule has 1 aromatic rings. The van der Waals surface area contributed by atoms with Gasteiger partial charge in [-0.15, -0.1) is 0 Å². The Labute approximate surface area is 115 Å². The van der Waals surface area contributed by atoms with Crippen molar-refractivity contribution in [2.24, 2.45) is 0 Å². The molecule has 18 heavy (non-hydrogen) atoms. The lowest BCUT2D eigenvalue weighted by molar-refractivity contribution is -0.142. The lowest BCUT2D eigenvalue weighted by Crippen LogP contribution is -2.09. The molecule has 4 nitrogen and oxygen atoms in total. The first-order chi connectivity index (χ1) is 8.63. The van der Waals surface area contributed by atoms with Crippen LogP contribution >= 0.6 is 15.9 Å². The van der Waals surface area contributed by atoms with Crippen molar-refractivity contribution >= 4 is 21.9 Å². The lowest BCUT2D eigenvalue weighted by Gasteiger charge is -2.09. The Morgan fingerprint density at radius 2 is 2.17 bits per heavy atom. The second-order valence-electron chi connectivity index (χ2n) is 3.81. The summed E-state index contributed by atoms with van der Waals surface area (Å²) in [5, 5.41) is 8.42. The normalized spacial score (nSPS) is 10.3. The van der Waals surface area contributed by atoms with E-state index in [1.165, 1.54) is 0 Å². The number of carboxylic acids is 1. The molecular weight excluding hydrogens is 300 g/mol. The number of hydrogen-bond acceptors (Lipinski definition) is 3. The van der Waals surface area contributed by atoms with E-state index in [-0.39, 0.29) is 6.61 Å². The number of benzene rings is 1. The lowest BCUT2D eigenvalue weighted by atomic mass is 10.1. The highest BCUT2D eigenvalue weighted by molar-refractivity contribution is 9.10. The molecule has 0 saturated carbocycles. The third-order valence-electron chi connectivity index (χ3n) is 2.22. The third-order valence-corrected chi connectivity index (χ3v) is 2.84. The van der Waals surface area contributed by atoms with Crippen molar-refractivity contribution in [3.63, 3.8) is 0 Å². The van der Waals surface area contributed by atoms with Gasteiger partial charge in [0.15, 0.2) is 0 Å². The monoisotopic (exact) mass is 316 g/mol. The Balaban J connectivity index is 2.43. The van der Waals surface area contributed by atoms with Crippen LogP contribution in [0.2, 0.25) is 0 Å². The molecule has 0 spiro atoms. The predicted molar refractivity (Wildman–Crippen MR) is 72.1 cm³/mol. The third kappa shape index (κ3) is 5.51. The average Bonchev–Trinajstić information content (AvgIpc) is 2.33. The highest BCUT2D eigenvalue weighted by Gasteiger charge is 2.03. The number of ether oxygens (including phenoxy) is 2. The largest absolute Gasteiger partial charge is 0.492 e. The van der Waals surface area contributed by atoms with Gasteiger partial charge in [-0.1, -0.05) is 13.0 Å². The highest BCUT2D eigenvalue weighted by Crippen LogP contribution is 2.26. The Morgan fingerprint density at radius 3 is 2.78 bits per heavy atom. The molecule has 1 N–H and O–H groups in total. The second kappa shape index (κ2) is 8.11. The number of carboxylic acid groups (broad SMARTS) is 1. The van der Waals surface area contributed by atoms with Crippen LogP contribution in [0.3, 0.4) is 0 Å². The Bertz CT molecular complexity index is 393. The van der Waals surface area contributed by atoms with Gasteiger partial charge in [0.05, 0.1) is 17.7 Å². The molecule has 0 saturated heterocycles. The van der Waals surface area contributed by atoms with Crippen LogP contribution in [0.15, 0.2) is 22.7 Å². The minimum atomic E-state index is -0.945. The number of rotatable bonds is 8. The van der Waals surface area contributed by atoms with Crippen LogP contribution in [0, 0.1) is 0 Å². The zero-order chi connectivity index (χ0) is 13.4. The van der Waals surface area contributed by atoms with Crippen LogP contribution in [0.25, 0.3) is 0 Å². The molecule has 0 aromatic heterocycles. The van der Waals surface area contributed by atoms with E-state index in [9.17, 15) is 4.79 Å². The van der Waals surface area contributed by atoms with Crippen LogP contribution in [0.5, 0.6) is 5.75 Å². The van der Waals surface area contributed by atoms with E-state index in [2.05, 4.69) is 22.9 Å². The first kappa shape index (κ1) is 15.0. The number of carbonyl (C=O) groups is 1. The molecule has 1 rings (SSSR count). The van der Waals surface area contributed by atoms with Crippen molar-refractivity contribution in [1.29, 1.82) is 0 Å². The molecule has 100 valence electrons. The summed E-state index contributed by atoms with van der Waals surface area (Å²) >= 11 is 3.45. The van der Waals surface area contributed by atoms with Gasteiger partial charge in [0.1, 0.15) is 12.4 Å². The molecule has 0 unspecified atom stereocenters. The maximum Gasteiger partial charge on any atom is 0.329 e. The first-order valence-corrected chi connectivity index (χ1v) is 6.63. The number of halogens is 1. The van der Waals surface area contributed by atoms with Crippen molar-refractivity contribution < 1.29 is 19.4 Å². The average molecular weight is 317 g/mol. The summed E-state index contributed by atoms with van der Waals surface area (Å²) in [4.78, 5) is 10.3. The fraction of sp³-hybridized carbons (Fsp3) is 0.462. The maximum atomic E-state index is 10.3. The van der Waals surface area contributed by atoms with Gasteiger partial charge in [-0.2, -0.15) is 0 Å². The van der Waals surface area contributed by atoms with Gasteiger partial charge in [-0.3, -0.25) is 0 Å². The molecule has 0 heterocycles. The van der Waals surface area contributed by atoms with E-state index in [1.54, 1.807) is 0 Å². The SMILES string of the molecule is CCCOc1ccc(CCOCC(=O)O)cc1Br. The van der Waals surface area contributed by atoms with Crippen molar-refractivity contribution in [2.45, 2.75) is 19.8 Å². The Morgan fingerprint density at radius 1 is 1.39 bits per heavy atom. The second-order valence-corrected chi connectivity index (χ2v) is 4.66. The molecule has 0 amide bonds. The molecular formula is C13H17BrO4. The fourth-order valence-electron chi connectivity index (χ4n) is 1.38. The minimum Gasteiger partial charge on any atom is -0.492 e. The van der Waals surface area contributed by atoms with Gasteiger partial charge in [-0.05, 0) is 46.5 Å². The van der Waals surface area contributed by atoms with E-state index >= 15 is 0 Å². The van der Waals surface area contributed by atoms with Gasteiger partial charge in [-0.25, -0.2) is 4.79 Å². The summed E-state index contributed by atoms with van der Waals surface area (Å²) in [5.74, 6) is -0.119. The molecule has 0 aliphatic heterocycles. The van der Waals surface area contributed by atoms with Crippen LogP contribution in [0.4, 0.5) is 0 Å². The van der Waals surface area contributed by atoms with Crippen molar-refractivity contribution in [3.8, 4) is 5.75 Å². The summed E-state index contributed by atoms with van der Waals surface area (Å²) in [6.45, 7) is 2.90. The summed E-state index contributed by atoms with van der Waals surface area (Å²) in [5.41, 5.74) is 1.08.